The number of aromatic nitrogens is 2. The van der Waals surface area contributed by atoms with Crippen LogP contribution in [0.1, 0.15) is 39.6 Å². The fourth-order valence-corrected chi connectivity index (χ4v) is 5.13. The minimum Gasteiger partial charge on any atom is -0.369 e. The SMILES string of the molecule is Cc1cccc(N2CCN(CCCN(C)C(=O)c3nc(C)n(-c4cccc(Cl)c4)c3C)CC2)c1C. The van der Waals surface area contributed by atoms with Crippen LogP contribution in [0, 0.1) is 27.7 Å². The average molecular weight is 494 g/mol. The molecule has 1 aliphatic heterocycles. The maximum absolute atomic E-state index is 13.2. The third-order valence-corrected chi connectivity index (χ3v) is 7.38. The highest BCUT2D eigenvalue weighted by atomic mass is 35.5. The van der Waals surface area contributed by atoms with Crippen LogP contribution in [0.15, 0.2) is 42.5 Å². The summed E-state index contributed by atoms with van der Waals surface area (Å²) in [4.78, 5) is 24.6. The summed E-state index contributed by atoms with van der Waals surface area (Å²) in [6.07, 6.45) is 0.943. The van der Waals surface area contributed by atoms with E-state index in [4.69, 9.17) is 11.6 Å². The molecule has 2 heterocycles. The van der Waals surface area contributed by atoms with Crippen molar-refractivity contribution in [2.75, 3.05) is 51.2 Å². The van der Waals surface area contributed by atoms with Crippen LogP contribution in [0.25, 0.3) is 5.69 Å². The summed E-state index contributed by atoms with van der Waals surface area (Å²) in [5.74, 6) is 0.745. The van der Waals surface area contributed by atoms with Gasteiger partial charge in [0.25, 0.3) is 5.91 Å². The predicted octanol–water partition coefficient (Wildman–Crippen LogP) is 5.04. The smallest absolute Gasteiger partial charge is 0.274 e. The average Bonchev–Trinajstić information content (AvgIpc) is 3.14. The molecule has 1 aromatic heterocycles. The molecule has 0 aliphatic carbocycles. The Hall–Kier alpha value is -2.83. The van der Waals surface area contributed by atoms with Crippen molar-refractivity contribution in [3.05, 3.63) is 75.8 Å². The number of amides is 1. The number of anilines is 1. The number of carbonyl (C=O) groups is 1. The minimum absolute atomic E-state index is 0.0360. The summed E-state index contributed by atoms with van der Waals surface area (Å²) in [6.45, 7) is 14.1. The molecular formula is C28H36ClN5O. The van der Waals surface area contributed by atoms with Gasteiger partial charge in [0.1, 0.15) is 11.5 Å². The molecule has 0 unspecified atom stereocenters. The molecule has 0 radical (unpaired) electrons. The molecule has 35 heavy (non-hydrogen) atoms. The molecule has 1 fully saturated rings. The van der Waals surface area contributed by atoms with Gasteiger partial charge in [-0.25, -0.2) is 4.98 Å². The van der Waals surface area contributed by atoms with E-state index in [-0.39, 0.29) is 5.91 Å². The second kappa shape index (κ2) is 10.8. The molecule has 186 valence electrons. The number of hydrogen-bond acceptors (Lipinski definition) is 4. The lowest BCUT2D eigenvalue weighted by molar-refractivity contribution is 0.0782. The highest BCUT2D eigenvalue weighted by molar-refractivity contribution is 6.30. The Kier molecular flexibility index (Phi) is 7.82. The molecule has 4 rings (SSSR count). The molecular weight excluding hydrogens is 458 g/mol. The van der Waals surface area contributed by atoms with Crippen LogP contribution in [-0.4, -0.2) is 71.6 Å². The number of aryl methyl sites for hydroxylation is 2. The summed E-state index contributed by atoms with van der Waals surface area (Å²) in [5.41, 5.74) is 6.35. The summed E-state index contributed by atoms with van der Waals surface area (Å²) in [5, 5.41) is 0.662. The molecule has 3 aromatic rings. The van der Waals surface area contributed by atoms with Gasteiger partial charge in [-0.2, -0.15) is 0 Å². The van der Waals surface area contributed by atoms with Crippen LogP contribution in [0.5, 0.6) is 0 Å². The maximum Gasteiger partial charge on any atom is 0.274 e. The Morgan fingerprint density at radius 3 is 2.46 bits per heavy atom. The van der Waals surface area contributed by atoms with Crippen molar-refractivity contribution in [1.29, 1.82) is 0 Å². The van der Waals surface area contributed by atoms with Crippen molar-refractivity contribution in [2.24, 2.45) is 0 Å². The zero-order chi connectivity index (χ0) is 25.1. The van der Waals surface area contributed by atoms with Crippen molar-refractivity contribution in [3.8, 4) is 5.69 Å². The van der Waals surface area contributed by atoms with Gasteiger partial charge < -0.3 is 14.4 Å². The van der Waals surface area contributed by atoms with E-state index in [1.54, 1.807) is 4.90 Å². The molecule has 6 nitrogen and oxygen atoms in total. The molecule has 1 saturated heterocycles. The van der Waals surface area contributed by atoms with Crippen molar-refractivity contribution in [2.45, 2.75) is 34.1 Å². The maximum atomic E-state index is 13.2. The molecule has 1 aliphatic rings. The molecule has 0 spiro atoms. The number of carbonyl (C=O) groups excluding carboxylic acids is 1. The Labute approximate surface area is 214 Å². The lowest BCUT2D eigenvalue weighted by atomic mass is 10.1. The molecule has 1 amide bonds. The van der Waals surface area contributed by atoms with E-state index in [0.717, 1.165) is 56.4 Å². The van der Waals surface area contributed by atoms with E-state index in [9.17, 15) is 4.79 Å². The topological polar surface area (TPSA) is 44.6 Å². The van der Waals surface area contributed by atoms with Gasteiger partial charge in [0.15, 0.2) is 0 Å². The molecule has 0 atom stereocenters. The van der Waals surface area contributed by atoms with Crippen molar-refractivity contribution in [3.63, 3.8) is 0 Å². The number of hydrogen-bond donors (Lipinski definition) is 0. The van der Waals surface area contributed by atoms with Gasteiger partial charge in [0, 0.05) is 56.2 Å². The predicted molar refractivity (Wildman–Crippen MR) is 144 cm³/mol. The van der Waals surface area contributed by atoms with Crippen LogP contribution in [0.4, 0.5) is 5.69 Å². The second-order valence-electron chi connectivity index (χ2n) is 9.54. The first-order chi connectivity index (χ1) is 16.8. The van der Waals surface area contributed by atoms with E-state index in [1.165, 1.54) is 16.8 Å². The summed E-state index contributed by atoms with van der Waals surface area (Å²) >= 11 is 6.18. The Bertz CT molecular complexity index is 1200. The second-order valence-corrected chi connectivity index (χ2v) is 9.97. The Balaban J connectivity index is 1.30. The van der Waals surface area contributed by atoms with E-state index in [0.29, 0.717) is 17.3 Å². The fourth-order valence-electron chi connectivity index (χ4n) is 4.94. The van der Waals surface area contributed by atoms with E-state index in [1.807, 2.05) is 49.7 Å². The normalized spacial score (nSPS) is 14.4. The number of nitrogens with zero attached hydrogens (tertiary/aromatic N) is 5. The number of rotatable bonds is 7. The highest BCUT2D eigenvalue weighted by Crippen LogP contribution is 2.24. The summed E-state index contributed by atoms with van der Waals surface area (Å²) in [6, 6.07) is 14.2. The van der Waals surface area contributed by atoms with Crippen LogP contribution in [0.2, 0.25) is 5.02 Å². The number of halogens is 1. The molecule has 0 bridgehead atoms. The van der Waals surface area contributed by atoms with Crippen LogP contribution < -0.4 is 4.90 Å². The number of imidazole rings is 1. The summed E-state index contributed by atoms with van der Waals surface area (Å²) in [7, 11) is 1.87. The van der Waals surface area contributed by atoms with E-state index >= 15 is 0 Å². The highest BCUT2D eigenvalue weighted by Gasteiger charge is 2.23. The standard InChI is InChI=1S/C28H36ClN5O/c1-20-9-6-12-26(21(20)2)33-17-15-32(16-18-33)14-8-13-31(5)28(35)27-22(3)34(23(4)30-27)25-11-7-10-24(29)19-25/h6-7,9-12,19H,8,13-18H2,1-5H3. The number of piperazine rings is 1. The Morgan fingerprint density at radius 2 is 1.74 bits per heavy atom. The fraction of sp³-hybridized carbons (Fsp3) is 0.429. The monoisotopic (exact) mass is 493 g/mol. The van der Waals surface area contributed by atoms with Crippen LogP contribution >= 0.6 is 11.6 Å². The Morgan fingerprint density at radius 1 is 1.03 bits per heavy atom. The van der Waals surface area contributed by atoms with E-state index < -0.39 is 0 Å². The van der Waals surface area contributed by atoms with Gasteiger partial charge in [-0.05, 0) is 76.1 Å². The largest absolute Gasteiger partial charge is 0.369 e. The van der Waals surface area contributed by atoms with Gasteiger partial charge in [0.2, 0.25) is 0 Å². The molecule has 7 heteroatoms. The van der Waals surface area contributed by atoms with Crippen LogP contribution in [0.3, 0.4) is 0 Å². The van der Waals surface area contributed by atoms with Crippen molar-refractivity contribution >= 4 is 23.2 Å². The first kappa shape index (κ1) is 25.3. The third kappa shape index (κ3) is 5.54. The summed E-state index contributed by atoms with van der Waals surface area (Å²) < 4.78 is 1.99. The lowest BCUT2D eigenvalue weighted by Crippen LogP contribution is -2.47. The first-order valence-electron chi connectivity index (χ1n) is 12.4. The van der Waals surface area contributed by atoms with Gasteiger partial charge in [-0.1, -0.05) is 29.8 Å². The van der Waals surface area contributed by atoms with Gasteiger partial charge >= 0.3 is 0 Å². The van der Waals surface area contributed by atoms with Gasteiger partial charge in [-0.3, -0.25) is 9.69 Å². The van der Waals surface area contributed by atoms with Gasteiger partial charge in [-0.15, -0.1) is 0 Å². The van der Waals surface area contributed by atoms with Crippen molar-refractivity contribution in [1.82, 2.24) is 19.4 Å². The zero-order valence-electron chi connectivity index (χ0n) is 21.5. The van der Waals surface area contributed by atoms with E-state index in [2.05, 4.69) is 46.8 Å². The zero-order valence-corrected chi connectivity index (χ0v) is 22.3. The molecule has 0 saturated carbocycles. The molecule has 2 aromatic carbocycles. The lowest BCUT2D eigenvalue weighted by Gasteiger charge is -2.37. The van der Waals surface area contributed by atoms with Crippen LogP contribution in [-0.2, 0) is 0 Å². The molecule has 0 N–H and O–H groups in total. The first-order valence-corrected chi connectivity index (χ1v) is 12.7. The third-order valence-electron chi connectivity index (χ3n) is 7.15. The van der Waals surface area contributed by atoms with Crippen molar-refractivity contribution < 1.29 is 4.79 Å². The van der Waals surface area contributed by atoms with Gasteiger partial charge in [0.05, 0.1) is 5.69 Å². The quantitative estimate of drug-likeness (QED) is 0.462. The minimum atomic E-state index is -0.0360. The number of benzene rings is 2.